The number of halogens is 1. The molecule has 0 bridgehead atoms. The Morgan fingerprint density at radius 3 is 2.84 bits per heavy atom. The summed E-state index contributed by atoms with van der Waals surface area (Å²) in [6.45, 7) is 0.372. The van der Waals surface area contributed by atoms with Crippen LogP contribution in [0.25, 0.3) is 0 Å². The zero-order valence-corrected chi connectivity index (χ0v) is 12.3. The maximum Gasteiger partial charge on any atom is 0.245 e. The van der Waals surface area contributed by atoms with Gasteiger partial charge in [-0.25, -0.2) is 13.1 Å². The minimum Gasteiger partial charge on any atom is -0.452 e. The summed E-state index contributed by atoms with van der Waals surface area (Å²) in [7, 11) is -1.97. The van der Waals surface area contributed by atoms with Crippen molar-refractivity contribution in [3.05, 3.63) is 28.7 Å². The van der Waals surface area contributed by atoms with Gasteiger partial charge in [0.15, 0.2) is 10.5 Å². The van der Waals surface area contributed by atoms with E-state index in [9.17, 15) is 8.42 Å². The van der Waals surface area contributed by atoms with Gasteiger partial charge in [0.25, 0.3) is 0 Å². The van der Waals surface area contributed by atoms with E-state index in [0.29, 0.717) is 12.3 Å². The quantitative estimate of drug-likeness (QED) is 0.785. The highest BCUT2D eigenvalue weighted by atomic mass is 79.9. The molecule has 0 radical (unpaired) electrons. The van der Waals surface area contributed by atoms with Crippen molar-refractivity contribution in [3.63, 3.8) is 0 Å². The van der Waals surface area contributed by atoms with Crippen LogP contribution >= 0.6 is 15.9 Å². The van der Waals surface area contributed by atoms with Crippen molar-refractivity contribution in [2.24, 2.45) is 0 Å². The Balaban J connectivity index is 2.14. The van der Waals surface area contributed by atoms with E-state index in [1.807, 2.05) is 0 Å². The molecule has 2 N–H and O–H groups in total. The minimum atomic E-state index is -3.70. The van der Waals surface area contributed by atoms with Crippen molar-refractivity contribution in [1.82, 2.24) is 20.2 Å². The summed E-state index contributed by atoms with van der Waals surface area (Å²) < 4.78 is 36.4. The Labute approximate surface area is 117 Å². The van der Waals surface area contributed by atoms with E-state index < -0.39 is 10.0 Å². The molecule has 104 valence electrons. The van der Waals surface area contributed by atoms with Crippen molar-refractivity contribution in [2.45, 2.75) is 18.0 Å². The van der Waals surface area contributed by atoms with E-state index in [1.165, 1.54) is 6.07 Å². The van der Waals surface area contributed by atoms with Crippen LogP contribution in [0.1, 0.15) is 11.6 Å². The summed E-state index contributed by atoms with van der Waals surface area (Å²) in [5, 5.41) is 6.38. The molecular formula is C9H11BrN4O4S. The van der Waals surface area contributed by atoms with Gasteiger partial charge in [-0.1, -0.05) is 5.16 Å². The molecule has 0 unspecified atom stereocenters. The van der Waals surface area contributed by atoms with Crippen LogP contribution in [0.5, 0.6) is 0 Å². The molecule has 10 heteroatoms. The summed E-state index contributed by atoms with van der Waals surface area (Å²) in [4.78, 5) is 3.75. The highest BCUT2D eigenvalue weighted by Crippen LogP contribution is 2.26. The topological polar surface area (TPSA) is 110 Å². The standard InChI is InChI=1S/C9H11BrN4O4S/c1-11-3-6-2-7(9(10)18-6)19(15,16)13-4-8-12-5-17-14-8/h2,5,11,13H,3-4H2,1H3. The van der Waals surface area contributed by atoms with Gasteiger partial charge in [0.05, 0.1) is 13.1 Å². The predicted molar refractivity (Wildman–Crippen MR) is 67.5 cm³/mol. The molecule has 0 aliphatic carbocycles. The van der Waals surface area contributed by atoms with Gasteiger partial charge < -0.3 is 14.3 Å². The van der Waals surface area contributed by atoms with Gasteiger partial charge in [-0.3, -0.25) is 0 Å². The van der Waals surface area contributed by atoms with Crippen LogP contribution in [-0.4, -0.2) is 25.6 Å². The van der Waals surface area contributed by atoms with E-state index in [1.54, 1.807) is 7.05 Å². The van der Waals surface area contributed by atoms with Gasteiger partial charge in [0, 0.05) is 6.07 Å². The maximum atomic E-state index is 12.1. The number of nitrogens with zero attached hydrogens (tertiary/aromatic N) is 2. The number of hydrogen-bond acceptors (Lipinski definition) is 7. The summed E-state index contributed by atoms with van der Waals surface area (Å²) in [5.74, 6) is 0.757. The largest absolute Gasteiger partial charge is 0.452 e. The number of hydrogen-bond donors (Lipinski definition) is 2. The first kappa shape index (κ1) is 14.2. The fourth-order valence-corrected chi connectivity index (χ4v) is 3.33. The summed E-state index contributed by atoms with van der Waals surface area (Å²) in [6.07, 6.45) is 1.13. The third-order valence-electron chi connectivity index (χ3n) is 2.17. The molecule has 2 aromatic heterocycles. The summed E-state index contributed by atoms with van der Waals surface area (Å²) >= 11 is 3.08. The first-order valence-electron chi connectivity index (χ1n) is 5.20. The Morgan fingerprint density at radius 1 is 1.42 bits per heavy atom. The maximum absolute atomic E-state index is 12.1. The Morgan fingerprint density at radius 2 is 2.21 bits per heavy atom. The first-order chi connectivity index (χ1) is 9.03. The lowest BCUT2D eigenvalue weighted by Gasteiger charge is -2.01. The summed E-state index contributed by atoms with van der Waals surface area (Å²) in [6, 6.07) is 1.44. The summed E-state index contributed by atoms with van der Waals surface area (Å²) in [5.41, 5.74) is 0. The van der Waals surface area contributed by atoms with E-state index >= 15 is 0 Å². The van der Waals surface area contributed by atoms with E-state index in [2.05, 4.69) is 40.6 Å². The lowest BCUT2D eigenvalue weighted by molar-refractivity contribution is 0.409. The molecule has 2 heterocycles. The Hall–Kier alpha value is -1.23. The van der Waals surface area contributed by atoms with Crippen molar-refractivity contribution in [2.75, 3.05) is 7.05 Å². The van der Waals surface area contributed by atoms with Crippen LogP contribution < -0.4 is 10.0 Å². The number of rotatable bonds is 6. The van der Waals surface area contributed by atoms with Crippen molar-refractivity contribution >= 4 is 26.0 Å². The number of aromatic nitrogens is 2. The van der Waals surface area contributed by atoms with Crippen molar-refractivity contribution in [1.29, 1.82) is 0 Å². The predicted octanol–water partition coefficient (Wildman–Crippen LogP) is 0.623. The molecule has 0 saturated heterocycles. The third-order valence-corrected chi connectivity index (χ3v) is 4.43. The SMILES string of the molecule is CNCc1cc(S(=O)(=O)NCc2ncon2)c(Br)o1. The Kier molecular flexibility index (Phi) is 4.34. The van der Waals surface area contributed by atoms with Crippen LogP contribution in [0.4, 0.5) is 0 Å². The average Bonchev–Trinajstić information content (AvgIpc) is 2.97. The molecule has 19 heavy (non-hydrogen) atoms. The second-order valence-corrected chi connectivity index (χ2v) is 6.01. The fraction of sp³-hybridized carbons (Fsp3) is 0.333. The molecule has 0 aromatic carbocycles. The highest BCUT2D eigenvalue weighted by molar-refractivity contribution is 9.10. The van der Waals surface area contributed by atoms with Gasteiger partial charge in [0.1, 0.15) is 10.7 Å². The number of sulfonamides is 1. The first-order valence-corrected chi connectivity index (χ1v) is 7.48. The second kappa shape index (κ2) is 5.82. The van der Waals surface area contributed by atoms with Crippen LogP contribution in [-0.2, 0) is 23.1 Å². The van der Waals surface area contributed by atoms with Crippen molar-refractivity contribution < 1.29 is 17.4 Å². The lowest BCUT2D eigenvalue weighted by atomic mass is 10.4. The minimum absolute atomic E-state index is 0.0289. The lowest BCUT2D eigenvalue weighted by Crippen LogP contribution is -2.23. The number of furan rings is 1. The van der Waals surface area contributed by atoms with E-state index in [0.717, 1.165) is 6.39 Å². The van der Waals surface area contributed by atoms with Gasteiger partial charge >= 0.3 is 0 Å². The smallest absolute Gasteiger partial charge is 0.245 e. The molecule has 0 spiro atoms. The highest BCUT2D eigenvalue weighted by Gasteiger charge is 2.22. The van der Waals surface area contributed by atoms with Gasteiger partial charge in [-0.15, -0.1) is 0 Å². The molecule has 0 amide bonds. The second-order valence-electron chi connectivity index (χ2n) is 3.55. The van der Waals surface area contributed by atoms with Crippen LogP contribution in [0.3, 0.4) is 0 Å². The van der Waals surface area contributed by atoms with Gasteiger partial charge in [0.2, 0.25) is 16.4 Å². The molecule has 0 aliphatic rings. The molecule has 2 rings (SSSR count). The number of nitrogens with one attached hydrogen (secondary N) is 2. The molecule has 0 saturated carbocycles. The third kappa shape index (κ3) is 3.41. The van der Waals surface area contributed by atoms with Crippen LogP contribution in [0.2, 0.25) is 0 Å². The zero-order chi connectivity index (χ0) is 13.9. The molecule has 2 aromatic rings. The molecule has 0 aliphatic heterocycles. The van der Waals surface area contributed by atoms with E-state index in [-0.39, 0.29) is 21.9 Å². The van der Waals surface area contributed by atoms with Crippen LogP contribution in [0, 0.1) is 0 Å². The van der Waals surface area contributed by atoms with Gasteiger partial charge in [-0.05, 0) is 23.0 Å². The molecule has 8 nitrogen and oxygen atoms in total. The normalized spacial score (nSPS) is 11.9. The molecule has 0 atom stereocenters. The molecular weight excluding hydrogens is 340 g/mol. The zero-order valence-electron chi connectivity index (χ0n) is 9.88. The monoisotopic (exact) mass is 350 g/mol. The Bertz CT molecular complexity index is 637. The molecule has 0 fully saturated rings. The van der Waals surface area contributed by atoms with E-state index in [4.69, 9.17) is 4.42 Å². The average molecular weight is 351 g/mol. The van der Waals surface area contributed by atoms with Crippen LogP contribution in [0.15, 0.2) is 31.0 Å². The van der Waals surface area contributed by atoms with Crippen molar-refractivity contribution in [3.8, 4) is 0 Å². The van der Waals surface area contributed by atoms with Gasteiger partial charge in [-0.2, -0.15) is 4.98 Å². The fourth-order valence-electron chi connectivity index (χ4n) is 1.35.